The molecular formula is C50H60F2N10O6. The topological polar surface area (TPSA) is 205 Å². The number of imide groups is 1. The molecule has 16 nitrogen and oxygen atoms in total. The Balaban J connectivity index is 0.706. The van der Waals surface area contributed by atoms with Crippen molar-refractivity contribution in [2.24, 2.45) is 0 Å². The van der Waals surface area contributed by atoms with Gasteiger partial charge in [-0.2, -0.15) is 0 Å². The number of rotatable bonds is 20. The van der Waals surface area contributed by atoms with Crippen LogP contribution in [0.4, 0.5) is 14.5 Å². The smallest absolute Gasteiger partial charge is 0.257 e. The van der Waals surface area contributed by atoms with Gasteiger partial charge in [-0.25, -0.2) is 13.8 Å². The molecule has 8 rings (SSSR count). The summed E-state index contributed by atoms with van der Waals surface area (Å²) in [4.78, 5) is 64.4. The van der Waals surface area contributed by atoms with E-state index < -0.39 is 35.7 Å². The molecule has 3 fully saturated rings. The number of ether oxygens (including phenoxy) is 1. The van der Waals surface area contributed by atoms with Crippen LogP contribution < -0.4 is 21.3 Å². The molecule has 0 aliphatic carbocycles. The average molecular weight is 935 g/mol. The molecule has 3 aromatic carbocycles. The van der Waals surface area contributed by atoms with Gasteiger partial charge in [0, 0.05) is 104 Å². The molecule has 2 atom stereocenters. The van der Waals surface area contributed by atoms with Crippen molar-refractivity contribution >= 4 is 52.1 Å². The minimum atomic E-state index is -1.25. The molecule has 4 aliphatic rings. The van der Waals surface area contributed by atoms with Crippen molar-refractivity contribution in [3.8, 4) is 11.1 Å². The number of hydrogen-bond acceptors (Lipinski definition) is 13. The molecule has 3 saturated heterocycles. The quantitative estimate of drug-likeness (QED) is 0.0381. The van der Waals surface area contributed by atoms with Crippen LogP contribution >= 0.6 is 0 Å². The highest BCUT2D eigenvalue weighted by Gasteiger charge is 2.44. The van der Waals surface area contributed by atoms with Gasteiger partial charge in [-0.15, -0.1) is 0 Å². The normalized spacial score (nSPS) is 19.5. The second-order valence-electron chi connectivity index (χ2n) is 17.9. The molecule has 68 heavy (non-hydrogen) atoms. The Hall–Kier alpha value is -6.21. The summed E-state index contributed by atoms with van der Waals surface area (Å²) in [5.41, 5.74) is 4.54. The number of allylic oxidation sites excluding steroid dienone is 1. The largest absolute Gasteiger partial charge is 0.387 e. The van der Waals surface area contributed by atoms with Crippen molar-refractivity contribution in [3.63, 3.8) is 0 Å². The zero-order valence-corrected chi connectivity index (χ0v) is 38.2. The minimum Gasteiger partial charge on any atom is -0.387 e. The first-order chi connectivity index (χ1) is 33.1. The van der Waals surface area contributed by atoms with Crippen LogP contribution in [-0.2, 0) is 25.7 Å². The number of para-hydroxylation sites is 1. The number of benzene rings is 3. The maximum absolute atomic E-state index is 15.4. The summed E-state index contributed by atoms with van der Waals surface area (Å²) in [6.45, 7) is 5.69. The summed E-state index contributed by atoms with van der Waals surface area (Å²) in [6.07, 6.45) is 11.3. The van der Waals surface area contributed by atoms with E-state index in [-0.39, 0.29) is 42.8 Å². The van der Waals surface area contributed by atoms with E-state index >= 15 is 8.78 Å². The highest BCUT2D eigenvalue weighted by atomic mass is 19.1. The third-order valence-electron chi connectivity index (χ3n) is 13.2. The van der Waals surface area contributed by atoms with Crippen LogP contribution in [-0.4, -0.2) is 131 Å². The van der Waals surface area contributed by atoms with E-state index in [2.05, 4.69) is 31.2 Å². The zero-order chi connectivity index (χ0) is 47.6. The Morgan fingerprint density at radius 2 is 1.63 bits per heavy atom. The number of unbranched alkanes of at least 4 members (excludes halogenated alkanes) is 5. The van der Waals surface area contributed by atoms with Gasteiger partial charge in [-0.1, -0.05) is 37.8 Å². The number of halogens is 2. The number of likely N-dealkylation sites (tertiary alicyclic amines) is 1. The third-order valence-corrected chi connectivity index (χ3v) is 13.2. The lowest BCUT2D eigenvalue weighted by molar-refractivity contribution is -0.139. The highest BCUT2D eigenvalue weighted by Crippen LogP contribution is 2.37. The molecule has 18 heteroatoms. The predicted octanol–water partition coefficient (Wildman–Crippen LogP) is 5.27. The van der Waals surface area contributed by atoms with E-state index in [0.29, 0.717) is 83.9 Å². The second-order valence-corrected chi connectivity index (χ2v) is 17.9. The number of carbonyl (C=O) groups excluding carboxylic acids is 4. The predicted molar refractivity (Wildman–Crippen MR) is 253 cm³/mol. The van der Waals surface area contributed by atoms with Crippen LogP contribution in [0.1, 0.15) is 97.6 Å². The molecule has 4 aliphatic heterocycles. The highest BCUT2D eigenvalue weighted by molar-refractivity contribution is 6.08. The monoisotopic (exact) mass is 934 g/mol. The first-order valence-electron chi connectivity index (χ1n) is 23.8. The number of aliphatic hydroxyl groups is 1. The number of anilines is 1. The van der Waals surface area contributed by atoms with Crippen molar-refractivity contribution in [1.82, 2.24) is 40.6 Å². The zero-order valence-electron chi connectivity index (χ0n) is 38.2. The fraction of sp³-hybridized carbons (Fsp3) is 0.460. The fourth-order valence-corrected chi connectivity index (χ4v) is 9.37. The van der Waals surface area contributed by atoms with Crippen molar-refractivity contribution in [1.29, 1.82) is 5.41 Å². The Morgan fingerprint density at radius 3 is 2.37 bits per heavy atom. The van der Waals surface area contributed by atoms with E-state index in [1.807, 2.05) is 4.90 Å². The number of carbonyl (C=O) groups is 4. The van der Waals surface area contributed by atoms with E-state index in [9.17, 15) is 24.3 Å². The lowest BCUT2D eigenvalue weighted by Crippen LogP contribution is -2.53. The van der Waals surface area contributed by atoms with Crippen LogP contribution in [0, 0.1) is 17.0 Å². The third kappa shape index (κ3) is 11.7. The van der Waals surface area contributed by atoms with E-state index in [4.69, 9.17) is 15.1 Å². The number of nitrogens with one attached hydrogen (secondary N) is 5. The summed E-state index contributed by atoms with van der Waals surface area (Å²) >= 11 is 0. The summed E-state index contributed by atoms with van der Waals surface area (Å²) in [5, 5.41) is 31.2. The fourth-order valence-electron chi connectivity index (χ4n) is 9.37. The molecule has 1 aromatic heterocycles. The van der Waals surface area contributed by atoms with Crippen LogP contribution in [0.25, 0.3) is 27.7 Å². The minimum absolute atomic E-state index is 0.0178. The molecule has 0 spiro atoms. The lowest BCUT2D eigenvalue weighted by atomic mass is 10.0. The van der Waals surface area contributed by atoms with Gasteiger partial charge in [0.25, 0.3) is 5.91 Å². The van der Waals surface area contributed by atoms with Gasteiger partial charge in [0.15, 0.2) is 6.23 Å². The summed E-state index contributed by atoms with van der Waals surface area (Å²) < 4.78 is 36.1. The molecular weight excluding hydrogens is 875 g/mol. The van der Waals surface area contributed by atoms with Crippen molar-refractivity contribution in [2.75, 3.05) is 64.3 Å². The van der Waals surface area contributed by atoms with Gasteiger partial charge in [0.2, 0.25) is 17.7 Å². The Morgan fingerprint density at radius 1 is 0.897 bits per heavy atom. The molecule has 4 aromatic rings. The summed E-state index contributed by atoms with van der Waals surface area (Å²) in [6, 6.07) is 12.5. The van der Waals surface area contributed by atoms with Crippen LogP contribution in [0.15, 0.2) is 60.9 Å². The first-order valence-corrected chi connectivity index (χ1v) is 23.8. The number of hydrogen-bond donors (Lipinski definition) is 6. The lowest BCUT2D eigenvalue weighted by Gasteiger charge is -2.31. The summed E-state index contributed by atoms with van der Waals surface area (Å²) in [7, 11) is 0. The number of piperidine rings is 2. The maximum atomic E-state index is 15.4. The van der Waals surface area contributed by atoms with Crippen LogP contribution in [0.2, 0.25) is 0 Å². The van der Waals surface area contributed by atoms with Crippen molar-refractivity contribution in [2.45, 2.75) is 89.1 Å². The maximum Gasteiger partial charge on any atom is 0.257 e. The number of amides is 4. The first kappa shape index (κ1) is 48.3. The van der Waals surface area contributed by atoms with Gasteiger partial charge in [-0.3, -0.25) is 44.2 Å². The number of aromatic nitrogens is 2. The Labute approximate surface area is 394 Å². The van der Waals surface area contributed by atoms with Gasteiger partial charge in [-0.05, 0) is 74.1 Å². The van der Waals surface area contributed by atoms with E-state index in [1.54, 1.807) is 48.8 Å². The van der Waals surface area contributed by atoms with Gasteiger partial charge < -0.3 is 31.2 Å². The number of morpholine rings is 1. The van der Waals surface area contributed by atoms with Gasteiger partial charge in [0.1, 0.15) is 17.7 Å². The Kier molecular flexibility index (Phi) is 16.1. The number of fused-ring (bicyclic) bond motifs is 2. The average Bonchev–Trinajstić information content (AvgIpc) is 3.58. The van der Waals surface area contributed by atoms with E-state index in [0.717, 1.165) is 81.6 Å². The van der Waals surface area contributed by atoms with Gasteiger partial charge >= 0.3 is 0 Å². The molecule has 2 unspecified atom stereocenters. The van der Waals surface area contributed by atoms with Crippen LogP contribution in [0.3, 0.4) is 0 Å². The Bertz CT molecular complexity index is 2500. The number of aliphatic hydroxyl groups excluding tert-OH is 1. The molecule has 4 amide bonds. The number of nitrogens with zero attached hydrogens (tertiary/aromatic N) is 5. The molecule has 6 N–H and O–H groups in total. The molecule has 0 saturated carbocycles. The second kappa shape index (κ2) is 22.7. The van der Waals surface area contributed by atoms with Crippen molar-refractivity contribution < 1.29 is 37.8 Å². The van der Waals surface area contributed by atoms with Gasteiger partial charge in [0.05, 0.1) is 42.7 Å². The van der Waals surface area contributed by atoms with Crippen LogP contribution in [0.5, 0.6) is 0 Å². The molecule has 360 valence electrons. The molecule has 0 bridgehead atoms. The SMILES string of the molecule is N=C/C(=C\NC1CCN(CC(=O)NCCCCCCCCNc2ccc3c(c2)C(O)N(C2CCC(=O)NC2=O)C3=O)CC1)c1cnc2cccc(-c3cc(F)c(CN4CCOCC4)c(F)c3)c2n1. The summed E-state index contributed by atoms with van der Waals surface area (Å²) in [5.74, 6) is -2.58. The standard InChI is InChI=1S/C50H60F2N10O6/c51-40-24-32(25-41(52)39(40)30-61-20-22-68-23-21-61)36-8-7-9-42-47(36)58-43(29-57-42)33(27-53)28-56-34-14-18-60(19-15-34)31-46(64)55-17-6-4-2-1-3-5-16-54-35-10-11-37-38(26-35)50(67)62(49(37)66)44-12-13-45(63)59-48(44)65/h7-11,24-29,34,44,50,53-54,56,67H,1-6,12-23,30-31H2,(H,55,64)(H,59,63,65)/b33-28+,53-27?. The van der Waals surface area contributed by atoms with E-state index in [1.165, 1.54) is 18.3 Å². The molecule has 5 heterocycles. The van der Waals surface area contributed by atoms with Crippen molar-refractivity contribution in [3.05, 3.63) is 94.9 Å². The molecule has 0 radical (unpaired) electrons.